The monoisotopic (exact) mass is 548 g/mol. The molecule has 0 aliphatic heterocycles. The SMILES string of the molecule is Cc1c(Oc2cc3c(sc4ccccc43)c(-c3ccccn3)c2C)cc2c(oc3ccccc32)c1-c1ccccn1. The van der Waals surface area contributed by atoms with Crippen LogP contribution in [0.25, 0.3) is 64.6 Å². The number of fused-ring (bicyclic) bond motifs is 6. The average molecular weight is 549 g/mol. The van der Waals surface area contributed by atoms with Gasteiger partial charge in [0.05, 0.1) is 17.0 Å². The summed E-state index contributed by atoms with van der Waals surface area (Å²) in [6.07, 6.45) is 3.67. The first-order valence-corrected chi connectivity index (χ1v) is 14.4. The average Bonchev–Trinajstić information content (AvgIpc) is 3.56. The van der Waals surface area contributed by atoms with E-state index in [-0.39, 0.29) is 0 Å². The van der Waals surface area contributed by atoms with Crippen LogP contribution in [0.2, 0.25) is 0 Å². The third kappa shape index (κ3) is 3.74. The van der Waals surface area contributed by atoms with Crippen molar-refractivity contribution in [3.05, 3.63) is 121 Å². The molecule has 8 rings (SSSR count). The highest BCUT2D eigenvalue weighted by Crippen LogP contribution is 2.47. The van der Waals surface area contributed by atoms with E-state index in [0.717, 1.165) is 67.1 Å². The second-order valence-electron chi connectivity index (χ2n) is 10.2. The number of hydrogen-bond donors (Lipinski definition) is 0. The third-order valence-corrected chi connectivity index (χ3v) is 9.03. The first-order valence-electron chi connectivity index (χ1n) is 13.6. The Kier molecular flexibility index (Phi) is 5.40. The summed E-state index contributed by atoms with van der Waals surface area (Å²) in [5.74, 6) is 1.59. The summed E-state index contributed by atoms with van der Waals surface area (Å²) in [5, 5.41) is 4.45. The molecule has 0 fully saturated rings. The minimum Gasteiger partial charge on any atom is -0.457 e. The first-order chi connectivity index (χ1) is 20.2. The van der Waals surface area contributed by atoms with Gasteiger partial charge in [-0.1, -0.05) is 48.5 Å². The Hall–Kier alpha value is -5.00. The molecule has 41 heavy (non-hydrogen) atoms. The number of thiophene rings is 1. The zero-order chi connectivity index (χ0) is 27.5. The van der Waals surface area contributed by atoms with Gasteiger partial charge in [0.2, 0.25) is 0 Å². The third-order valence-electron chi connectivity index (χ3n) is 7.82. The molecule has 0 atom stereocenters. The summed E-state index contributed by atoms with van der Waals surface area (Å²) in [5.41, 5.74) is 7.54. The van der Waals surface area contributed by atoms with Crippen LogP contribution in [0.1, 0.15) is 11.1 Å². The second-order valence-corrected chi connectivity index (χ2v) is 11.3. The van der Waals surface area contributed by atoms with E-state index in [1.807, 2.05) is 60.9 Å². The number of aromatic nitrogens is 2. The number of para-hydroxylation sites is 1. The Bertz CT molecular complexity index is 2090. The molecular weight excluding hydrogens is 524 g/mol. The lowest BCUT2D eigenvalue weighted by Crippen LogP contribution is -1.96. The van der Waals surface area contributed by atoms with Crippen molar-refractivity contribution in [2.45, 2.75) is 13.8 Å². The van der Waals surface area contributed by atoms with Crippen molar-refractivity contribution in [1.29, 1.82) is 0 Å². The van der Waals surface area contributed by atoms with Crippen LogP contribution in [0, 0.1) is 13.8 Å². The minimum absolute atomic E-state index is 0.777. The van der Waals surface area contributed by atoms with Gasteiger partial charge in [-0.2, -0.15) is 0 Å². The fourth-order valence-electron chi connectivity index (χ4n) is 5.82. The van der Waals surface area contributed by atoms with Gasteiger partial charge in [-0.3, -0.25) is 9.97 Å². The van der Waals surface area contributed by atoms with Gasteiger partial charge in [0.1, 0.15) is 22.7 Å². The molecule has 0 unspecified atom stereocenters. The first kappa shape index (κ1) is 23.9. The zero-order valence-electron chi connectivity index (χ0n) is 22.5. The maximum absolute atomic E-state index is 6.92. The molecule has 4 heterocycles. The molecule has 196 valence electrons. The quantitative estimate of drug-likeness (QED) is 0.219. The van der Waals surface area contributed by atoms with E-state index in [4.69, 9.17) is 19.1 Å². The number of rotatable bonds is 4. The molecule has 0 saturated heterocycles. The molecule has 0 aliphatic carbocycles. The molecule has 4 aromatic carbocycles. The van der Waals surface area contributed by atoms with Crippen molar-refractivity contribution in [3.63, 3.8) is 0 Å². The number of pyridine rings is 2. The standard InChI is InChI=1S/C36H24N2O2S/c1-21-30(19-25-23-11-3-5-15-29(23)40-35(25)33(21)27-13-7-9-17-37-27)39-31-20-26-24-12-4-6-16-32(24)41-36(26)34(22(31)2)28-14-8-10-18-38-28/h3-20H,1-2H3. The largest absolute Gasteiger partial charge is 0.457 e. The Labute approximate surface area is 240 Å². The lowest BCUT2D eigenvalue weighted by Gasteiger charge is -2.17. The van der Waals surface area contributed by atoms with Gasteiger partial charge in [-0.25, -0.2) is 0 Å². The van der Waals surface area contributed by atoms with Crippen molar-refractivity contribution in [3.8, 4) is 34.0 Å². The Morgan fingerprint density at radius 3 is 1.95 bits per heavy atom. The molecule has 0 saturated carbocycles. The van der Waals surface area contributed by atoms with Gasteiger partial charge in [0.25, 0.3) is 0 Å². The molecule has 4 aromatic heterocycles. The van der Waals surface area contributed by atoms with Crippen LogP contribution in [0.15, 0.2) is 114 Å². The van der Waals surface area contributed by atoms with Crippen molar-refractivity contribution in [1.82, 2.24) is 9.97 Å². The highest BCUT2D eigenvalue weighted by molar-refractivity contribution is 7.26. The summed E-state index contributed by atoms with van der Waals surface area (Å²) in [6.45, 7) is 4.21. The molecule has 5 heteroatoms. The van der Waals surface area contributed by atoms with Crippen LogP contribution in [-0.4, -0.2) is 9.97 Å². The van der Waals surface area contributed by atoms with Gasteiger partial charge in [-0.15, -0.1) is 11.3 Å². The van der Waals surface area contributed by atoms with E-state index >= 15 is 0 Å². The van der Waals surface area contributed by atoms with Crippen LogP contribution in [0.3, 0.4) is 0 Å². The Balaban J connectivity index is 1.41. The topological polar surface area (TPSA) is 48.2 Å². The van der Waals surface area contributed by atoms with E-state index in [1.165, 1.54) is 20.2 Å². The molecule has 0 bridgehead atoms. The summed E-state index contributed by atoms with van der Waals surface area (Å²) in [4.78, 5) is 9.44. The second kappa shape index (κ2) is 9.29. The maximum Gasteiger partial charge on any atom is 0.145 e. The van der Waals surface area contributed by atoms with Crippen LogP contribution in [0.4, 0.5) is 0 Å². The fraction of sp³-hybridized carbons (Fsp3) is 0.0556. The number of nitrogens with zero attached hydrogens (tertiary/aromatic N) is 2. The van der Waals surface area contributed by atoms with Gasteiger partial charge in [0.15, 0.2) is 0 Å². The smallest absolute Gasteiger partial charge is 0.145 e. The molecule has 0 N–H and O–H groups in total. The van der Waals surface area contributed by atoms with E-state index < -0.39 is 0 Å². The summed E-state index contributed by atoms with van der Waals surface area (Å²) in [7, 11) is 0. The Morgan fingerprint density at radius 2 is 1.22 bits per heavy atom. The van der Waals surface area contributed by atoms with E-state index in [1.54, 1.807) is 11.3 Å². The summed E-state index contributed by atoms with van der Waals surface area (Å²) >= 11 is 1.80. The van der Waals surface area contributed by atoms with Crippen molar-refractivity contribution in [2.24, 2.45) is 0 Å². The van der Waals surface area contributed by atoms with E-state index in [2.05, 4.69) is 62.4 Å². The van der Waals surface area contributed by atoms with Crippen molar-refractivity contribution >= 4 is 53.4 Å². The molecular formula is C36H24N2O2S. The molecule has 4 nitrogen and oxygen atoms in total. The molecule has 0 aliphatic rings. The predicted molar refractivity (Wildman–Crippen MR) is 169 cm³/mol. The van der Waals surface area contributed by atoms with Gasteiger partial charge < -0.3 is 9.15 Å². The zero-order valence-corrected chi connectivity index (χ0v) is 23.3. The highest BCUT2D eigenvalue weighted by Gasteiger charge is 2.22. The molecule has 0 spiro atoms. The van der Waals surface area contributed by atoms with Gasteiger partial charge in [-0.05, 0) is 62.4 Å². The van der Waals surface area contributed by atoms with Crippen LogP contribution < -0.4 is 4.74 Å². The van der Waals surface area contributed by atoms with E-state index in [9.17, 15) is 0 Å². The summed E-state index contributed by atoms with van der Waals surface area (Å²) < 4.78 is 15.8. The number of hydrogen-bond acceptors (Lipinski definition) is 5. The number of furan rings is 1. The number of ether oxygens (including phenoxy) is 1. The lowest BCUT2D eigenvalue weighted by atomic mass is 9.98. The van der Waals surface area contributed by atoms with Gasteiger partial charge in [0, 0.05) is 60.0 Å². The molecule has 0 amide bonds. The normalized spacial score (nSPS) is 11.7. The van der Waals surface area contributed by atoms with Crippen LogP contribution in [-0.2, 0) is 0 Å². The molecule has 0 radical (unpaired) electrons. The van der Waals surface area contributed by atoms with Crippen LogP contribution >= 0.6 is 11.3 Å². The fourth-order valence-corrected chi connectivity index (χ4v) is 7.12. The predicted octanol–water partition coefficient (Wildman–Crippen LogP) is 10.5. The number of benzene rings is 4. The maximum atomic E-state index is 6.92. The highest BCUT2D eigenvalue weighted by atomic mass is 32.1. The molecule has 8 aromatic rings. The van der Waals surface area contributed by atoms with Crippen molar-refractivity contribution < 1.29 is 9.15 Å². The summed E-state index contributed by atoms with van der Waals surface area (Å²) in [6, 6.07) is 33.0. The van der Waals surface area contributed by atoms with E-state index in [0.29, 0.717) is 0 Å². The minimum atomic E-state index is 0.777. The lowest BCUT2D eigenvalue weighted by molar-refractivity contribution is 0.477. The van der Waals surface area contributed by atoms with Crippen molar-refractivity contribution in [2.75, 3.05) is 0 Å². The Morgan fingerprint density at radius 1 is 0.610 bits per heavy atom. The van der Waals surface area contributed by atoms with Gasteiger partial charge >= 0.3 is 0 Å². The van der Waals surface area contributed by atoms with Crippen LogP contribution in [0.5, 0.6) is 11.5 Å².